The second kappa shape index (κ2) is 7.28. The maximum absolute atomic E-state index is 12.2. The molecule has 1 atom stereocenters. The molecule has 0 unspecified atom stereocenters. The molecule has 0 aliphatic heterocycles. The number of carbonyl (C=O) groups excluding carboxylic acids is 2. The zero-order chi connectivity index (χ0) is 17.0. The minimum Gasteiger partial charge on any atom is -0.449 e. The first kappa shape index (κ1) is 17.0. The van der Waals surface area contributed by atoms with Crippen molar-refractivity contribution in [2.45, 2.75) is 33.3 Å². The highest BCUT2D eigenvalue weighted by atomic mass is 35.5. The van der Waals surface area contributed by atoms with Crippen LogP contribution < -0.4 is 5.32 Å². The van der Waals surface area contributed by atoms with Crippen LogP contribution in [0.15, 0.2) is 28.8 Å². The van der Waals surface area contributed by atoms with Gasteiger partial charge in [0.15, 0.2) is 6.10 Å². The molecule has 6 nitrogen and oxygen atoms in total. The summed E-state index contributed by atoms with van der Waals surface area (Å²) in [5.41, 5.74) is 1.31. The Bertz CT molecular complexity index is 727. The topological polar surface area (TPSA) is 81.4 Å². The first-order valence-electron chi connectivity index (χ1n) is 7.15. The van der Waals surface area contributed by atoms with Gasteiger partial charge in [0.05, 0.1) is 5.69 Å². The van der Waals surface area contributed by atoms with Crippen LogP contribution >= 0.6 is 11.6 Å². The molecule has 7 heteroatoms. The van der Waals surface area contributed by atoms with Gasteiger partial charge in [-0.1, -0.05) is 29.7 Å². The fraction of sp³-hybridized carbons (Fsp3) is 0.312. The van der Waals surface area contributed by atoms with Crippen molar-refractivity contribution in [2.75, 3.05) is 5.32 Å². The van der Waals surface area contributed by atoms with Crippen LogP contribution in [0.2, 0.25) is 5.02 Å². The lowest BCUT2D eigenvalue weighted by atomic mass is 10.1. The number of nitrogens with zero attached hydrogens (tertiary/aromatic N) is 1. The molecule has 23 heavy (non-hydrogen) atoms. The van der Waals surface area contributed by atoms with Crippen LogP contribution in [0.1, 0.15) is 35.7 Å². The van der Waals surface area contributed by atoms with Crippen molar-refractivity contribution in [3.05, 3.63) is 46.3 Å². The maximum atomic E-state index is 12.2. The summed E-state index contributed by atoms with van der Waals surface area (Å²) in [6.07, 6.45) is -0.439. The first-order valence-corrected chi connectivity index (χ1v) is 7.52. The molecule has 0 aliphatic rings. The number of aryl methyl sites for hydroxylation is 2. The molecule has 1 heterocycles. The van der Waals surface area contributed by atoms with Gasteiger partial charge in [-0.2, -0.15) is 0 Å². The van der Waals surface area contributed by atoms with Crippen molar-refractivity contribution < 1.29 is 18.8 Å². The average molecular weight is 337 g/mol. The SMILES string of the molecule is CCc1noc(C)c1C(=O)O[C@H](C)C(=O)Nc1cccc(Cl)c1. The largest absolute Gasteiger partial charge is 0.449 e. The molecule has 0 saturated heterocycles. The number of halogens is 1. The number of hydrogen-bond acceptors (Lipinski definition) is 5. The number of hydrogen-bond donors (Lipinski definition) is 1. The predicted octanol–water partition coefficient (Wildman–Crippen LogP) is 3.38. The van der Waals surface area contributed by atoms with Gasteiger partial charge in [-0.3, -0.25) is 4.79 Å². The summed E-state index contributed by atoms with van der Waals surface area (Å²) in [6.45, 7) is 4.97. The van der Waals surface area contributed by atoms with E-state index in [9.17, 15) is 9.59 Å². The number of aromatic nitrogens is 1. The fourth-order valence-electron chi connectivity index (χ4n) is 2.00. The average Bonchev–Trinajstić information content (AvgIpc) is 2.88. The summed E-state index contributed by atoms with van der Waals surface area (Å²) in [4.78, 5) is 24.3. The Morgan fingerprint density at radius 2 is 2.17 bits per heavy atom. The third-order valence-corrected chi connectivity index (χ3v) is 3.45. The summed E-state index contributed by atoms with van der Waals surface area (Å²) >= 11 is 5.86. The van der Waals surface area contributed by atoms with E-state index in [-0.39, 0.29) is 5.56 Å². The van der Waals surface area contributed by atoms with Gasteiger partial charge >= 0.3 is 5.97 Å². The number of nitrogens with one attached hydrogen (secondary N) is 1. The minimum absolute atomic E-state index is 0.273. The molecule has 0 aliphatic carbocycles. The number of ether oxygens (including phenoxy) is 1. The zero-order valence-electron chi connectivity index (χ0n) is 13.1. The molecule has 1 aromatic heterocycles. The van der Waals surface area contributed by atoms with E-state index in [0.717, 1.165) is 0 Å². The molecule has 0 radical (unpaired) electrons. The van der Waals surface area contributed by atoms with E-state index >= 15 is 0 Å². The summed E-state index contributed by atoms with van der Waals surface area (Å²) in [5, 5.41) is 6.93. The maximum Gasteiger partial charge on any atom is 0.344 e. The van der Waals surface area contributed by atoms with Gasteiger partial charge in [0.1, 0.15) is 11.3 Å². The Balaban J connectivity index is 2.03. The normalized spacial score (nSPS) is 11.8. The lowest BCUT2D eigenvalue weighted by Crippen LogP contribution is -2.30. The quantitative estimate of drug-likeness (QED) is 0.846. The Morgan fingerprint density at radius 1 is 1.43 bits per heavy atom. The van der Waals surface area contributed by atoms with Gasteiger partial charge < -0.3 is 14.6 Å². The van der Waals surface area contributed by atoms with Gasteiger partial charge in [0, 0.05) is 10.7 Å². The van der Waals surface area contributed by atoms with E-state index in [1.807, 2.05) is 6.92 Å². The van der Waals surface area contributed by atoms with Crippen LogP contribution in [0, 0.1) is 6.92 Å². The van der Waals surface area contributed by atoms with Crippen molar-refractivity contribution in [2.24, 2.45) is 0 Å². The third-order valence-electron chi connectivity index (χ3n) is 3.22. The molecule has 0 fully saturated rings. The van der Waals surface area contributed by atoms with E-state index in [0.29, 0.717) is 28.6 Å². The highest BCUT2D eigenvalue weighted by molar-refractivity contribution is 6.30. The Kier molecular flexibility index (Phi) is 5.39. The highest BCUT2D eigenvalue weighted by Gasteiger charge is 2.25. The molecule has 1 amide bonds. The molecule has 1 aromatic carbocycles. The van der Waals surface area contributed by atoms with Crippen LogP contribution in [0.3, 0.4) is 0 Å². The molecule has 0 bridgehead atoms. The first-order chi connectivity index (χ1) is 10.9. The molecule has 122 valence electrons. The molecule has 2 rings (SSSR count). The Morgan fingerprint density at radius 3 is 2.83 bits per heavy atom. The number of rotatable bonds is 5. The van der Waals surface area contributed by atoms with Gasteiger partial charge in [-0.15, -0.1) is 0 Å². The smallest absolute Gasteiger partial charge is 0.344 e. The van der Waals surface area contributed by atoms with E-state index in [4.69, 9.17) is 20.9 Å². The summed E-state index contributed by atoms with van der Waals surface area (Å²) in [6, 6.07) is 6.70. The van der Waals surface area contributed by atoms with Crippen molar-refractivity contribution in [1.29, 1.82) is 0 Å². The van der Waals surface area contributed by atoms with Gasteiger partial charge in [0.25, 0.3) is 5.91 Å². The van der Waals surface area contributed by atoms with E-state index in [1.165, 1.54) is 6.92 Å². The Hall–Kier alpha value is -2.34. The standard InChI is InChI=1S/C16H17ClN2O4/c1-4-13-14(9(2)23-19-13)16(21)22-10(3)15(20)18-12-7-5-6-11(17)8-12/h5-8,10H,4H2,1-3H3,(H,18,20)/t10-/m1/s1. The van der Waals surface area contributed by atoms with Crippen molar-refractivity contribution in [3.8, 4) is 0 Å². The Labute approximate surface area is 138 Å². The van der Waals surface area contributed by atoms with Crippen LogP contribution in [0.4, 0.5) is 5.69 Å². The number of esters is 1. The molecule has 0 spiro atoms. The molecular weight excluding hydrogens is 320 g/mol. The monoisotopic (exact) mass is 336 g/mol. The van der Waals surface area contributed by atoms with Crippen molar-refractivity contribution in [3.63, 3.8) is 0 Å². The van der Waals surface area contributed by atoms with E-state index in [1.54, 1.807) is 31.2 Å². The molecule has 2 aromatic rings. The van der Waals surface area contributed by atoms with Crippen LogP contribution in [0.25, 0.3) is 0 Å². The second-order valence-electron chi connectivity index (χ2n) is 4.96. The van der Waals surface area contributed by atoms with Gasteiger partial charge in [-0.25, -0.2) is 4.79 Å². The minimum atomic E-state index is -0.972. The molecule has 0 saturated carbocycles. The number of anilines is 1. The van der Waals surface area contributed by atoms with E-state index < -0.39 is 18.0 Å². The molecule has 1 N–H and O–H groups in total. The van der Waals surface area contributed by atoms with E-state index in [2.05, 4.69) is 10.5 Å². The summed E-state index contributed by atoms with van der Waals surface area (Å²) in [7, 11) is 0. The lowest BCUT2D eigenvalue weighted by molar-refractivity contribution is -0.123. The number of amides is 1. The van der Waals surface area contributed by atoms with Crippen molar-refractivity contribution in [1.82, 2.24) is 5.16 Å². The summed E-state index contributed by atoms with van der Waals surface area (Å²) < 4.78 is 10.2. The van der Waals surface area contributed by atoms with Crippen molar-refractivity contribution >= 4 is 29.2 Å². The lowest BCUT2D eigenvalue weighted by Gasteiger charge is -2.13. The van der Waals surface area contributed by atoms with Gasteiger partial charge in [-0.05, 0) is 38.5 Å². The van der Waals surface area contributed by atoms with Crippen LogP contribution in [-0.4, -0.2) is 23.1 Å². The number of carbonyl (C=O) groups is 2. The fourth-order valence-corrected chi connectivity index (χ4v) is 2.19. The third kappa shape index (κ3) is 4.10. The zero-order valence-corrected chi connectivity index (χ0v) is 13.8. The second-order valence-corrected chi connectivity index (χ2v) is 5.40. The summed E-state index contributed by atoms with van der Waals surface area (Å²) in [5.74, 6) is -0.712. The van der Waals surface area contributed by atoms with Crippen LogP contribution in [-0.2, 0) is 16.0 Å². The van der Waals surface area contributed by atoms with Crippen LogP contribution in [0.5, 0.6) is 0 Å². The molecular formula is C16H17ClN2O4. The van der Waals surface area contributed by atoms with Gasteiger partial charge in [0.2, 0.25) is 0 Å². The number of benzene rings is 1. The highest BCUT2D eigenvalue weighted by Crippen LogP contribution is 2.18. The predicted molar refractivity (Wildman–Crippen MR) is 85.6 cm³/mol.